The molecule has 0 N–H and O–H groups in total. The summed E-state index contributed by atoms with van der Waals surface area (Å²) in [5.74, 6) is 0. The van der Waals surface area contributed by atoms with E-state index in [4.69, 9.17) is 4.98 Å². The second-order valence-electron chi connectivity index (χ2n) is 8.93. The molecule has 0 spiro atoms. The highest BCUT2D eigenvalue weighted by Crippen LogP contribution is 2.32. The molecule has 0 saturated carbocycles. The van der Waals surface area contributed by atoms with Gasteiger partial charge in [0.25, 0.3) is 0 Å². The lowest BCUT2D eigenvalue weighted by molar-refractivity contribution is 0.528. The second kappa shape index (κ2) is 9.36. The van der Waals surface area contributed by atoms with Gasteiger partial charge in [-0.1, -0.05) is 48.9 Å². The van der Waals surface area contributed by atoms with E-state index in [1.807, 2.05) is 32.9 Å². The number of thiazole rings is 1. The number of anilines is 1. The van der Waals surface area contributed by atoms with Crippen molar-refractivity contribution in [3.63, 3.8) is 0 Å². The maximum Gasteiger partial charge on any atom is 0.185 e. The van der Waals surface area contributed by atoms with Gasteiger partial charge >= 0.3 is 0 Å². The molecule has 1 fully saturated rings. The standard InChI is InChI=1S/C26H32N2O2S2/c1-5-21-6-8-22(9-7-21)16-23-17-31-26(27-23)28-12-10-24(11-13-28)32(29,30)25-19(3)14-18(2)15-20(25)4/h6-9,14-15,17,24H,5,10-13,16H2,1-4H3. The Morgan fingerprint density at radius 2 is 1.59 bits per heavy atom. The number of aromatic nitrogens is 1. The van der Waals surface area contributed by atoms with E-state index in [9.17, 15) is 8.42 Å². The summed E-state index contributed by atoms with van der Waals surface area (Å²) in [6.07, 6.45) is 3.16. The Morgan fingerprint density at radius 3 is 2.19 bits per heavy atom. The van der Waals surface area contributed by atoms with Gasteiger partial charge in [0.2, 0.25) is 0 Å². The lowest BCUT2D eigenvalue weighted by atomic mass is 10.1. The van der Waals surface area contributed by atoms with Crippen molar-refractivity contribution in [2.24, 2.45) is 0 Å². The van der Waals surface area contributed by atoms with E-state index in [1.54, 1.807) is 11.3 Å². The summed E-state index contributed by atoms with van der Waals surface area (Å²) in [5, 5.41) is 2.81. The molecule has 170 valence electrons. The molecule has 0 amide bonds. The topological polar surface area (TPSA) is 50.3 Å². The first-order valence-electron chi connectivity index (χ1n) is 11.4. The van der Waals surface area contributed by atoms with E-state index >= 15 is 0 Å². The Balaban J connectivity index is 1.42. The first-order chi connectivity index (χ1) is 15.3. The number of aryl methyl sites for hydroxylation is 4. The molecule has 6 heteroatoms. The zero-order valence-corrected chi connectivity index (χ0v) is 21.0. The predicted molar refractivity (Wildman–Crippen MR) is 134 cm³/mol. The van der Waals surface area contributed by atoms with E-state index in [1.165, 1.54) is 11.1 Å². The van der Waals surface area contributed by atoms with Crippen molar-refractivity contribution in [3.05, 3.63) is 75.3 Å². The summed E-state index contributed by atoms with van der Waals surface area (Å²) in [6.45, 7) is 9.46. The van der Waals surface area contributed by atoms with Crippen molar-refractivity contribution >= 4 is 26.3 Å². The SMILES string of the molecule is CCc1ccc(Cc2csc(N3CCC(S(=O)(=O)c4c(C)cc(C)cc4C)CC3)n2)cc1. The van der Waals surface area contributed by atoms with Gasteiger partial charge in [-0.05, 0) is 62.3 Å². The fraction of sp³-hybridized carbons (Fsp3) is 0.423. The smallest absolute Gasteiger partial charge is 0.185 e. The minimum absolute atomic E-state index is 0.324. The molecule has 0 atom stereocenters. The van der Waals surface area contributed by atoms with Crippen LogP contribution in [0.1, 0.15) is 53.3 Å². The van der Waals surface area contributed by atoms with E-state index in [0.29, 0.717) is 17.7 Å². The van der Waals surface area contributed by atoms with Gasteiger partial charge in [-0.3, -0.25) is 0 Å². The summed E-state index contributed by atoms with van der Waals surface area (Å²) < 4.78 is 26.8. The Hall–Kier alpha value is -2.18. The molecule has 4 nitrogen and oxygen atoms in total. The molecule has 2 aromatic carbocycles. The Bertz CT molecular complexity index is 1170. The average Bonchev–Trinajstić information content (AvgIpc) is 3.22. The van der Waals surface area contributed by atoms with Crippen LogP contribution in [0.25, 0.3) is 0 Å². The molecule has 1 saturated heterocycles. The van der Waals surface area contributed by atoms with Crippen LogP contribution in [0.4, 0.5) is 5.13 Å². The van der Waals surface area contributed by atoms with Crippen LogP contribution in [0.3, 0.4) is 0 Å². The van der Waals surface area contributed by atoms with Crippen LogP contribution < -0.4 is 4.90 Å². The third-order valence-electron chi connectivity index (χ3n) is 6.40. The van der Waals surface area contributed by atoms with Crippen LogP contribution in [-0.2, 0) is 22.7 Å². The second-order valence-corrected chi connectivity index (χ2v) is 11.9. The van der Waals surface area contributed by atoms with Crippen molar-refractivity contribution in [2.75, 3.05) is 18.0 Å². The fourth-order valence-electron chi connectivity index (χ4n) is 4.76. The third-order valence-corrected chi connectivity index (χ3v) is 9.91. The normalized spacial score (nSPS) is 15.3. The van der Waals surface area contributed by atoms with Gasteiger partial charge in [0.05, 0.1) is 15.8 Å². The van der Waals surface area contributed by atoms with Crippen molar-refractivity contribution in [2.45, 2.75) is 63.5 Å². The first-order valence-corrected chi connectivity index (χ1v) is 13.8. The third kappa shape index (κ3) is 4.76. The maximum absolute atomic E-state index is 13.4. The van der Waals surface area contributed by atoms with E-state index < -0.39 is 9.84 Å². The molecule has 4 rings (SSSR count). The Morgan fingerprint density at radius 1 is 1.00 bits per heavy atom. The largest absolute Gasteiger partial charge is 0.348 e. The quantitative estimate of drug-likeness (QED) is 0.468. The van der Waals surface area contributed by atoms with Crippen LogP contribution in [0.15, 0.2) is 46.7 Å². The van der Waals surface area contributed by atoms with Crippen LogP contribution in [0.5, 0.6) is 0 Å². The summed E-state index contributed by atoms with van der Waals surface area (Å²) in [5.41, 5.74) is 6.53. The van der Waals surface area contributed by atoms with Gasteiger partial charge in [-0.25, -0.2) is 13.4 Å². The fourth-order valence-corrected chi connectivity index (χ4v) is 7.82. The number of nitrogens with zero attached hydrogens (tertiary/aromatic N) is 2. The van der Waals surface area contributed by atoms with Crippen LogP contribution in [0.2, 0.25) is 0 Å². The van der Waals surface area contributed by atoms with Crippen LogP contribution in [0, 0.1) is 20.8 Å². The molecule has 0 aliphatic carbocycles. The van der Waals surface area contributed by atoms with Gasteiger partial charge in [-0.15, -0.1) is 11.3 Å². The van der Waals surface area contributed by atoms with Gasteiger partial charge < -0.3 is 4.90 Å². The van der Waals surface area contributed by atoms with Crippen molar-refractivity contribution in [1.82, 2.24) is 4.98 Å². The number of hydrogen-bond acceptors (Lipinski definition) is 5. The zero-order chi connectivity index (χ0) is 22.9. The molecular formula is C26H32N2O2S2. The number of sulfone groups is 1. The molecule has 1 aliphatic rings. The number of hydrogen-bond donors (Lipinski definition) is 0. The number of benzene rings is 2. The molecule has 0 bridgehead atoms. The van der Waals surface area contributed by atoms with Crippen LogP contribution >= 0.6 is 11.3 Å². The molecule has 1 aromatic heterocycles. The highest BCUT2D eigenvalue weighted by Gasteiger charge is 2.34. The molecule has 3 aromatic rings. The lowest BCUT2D eigenvalue weighted by Crippen LogP contribution is -2.39. The Labute approximate surface area is 196 Å². The van der Waals surface area contributed by atoms with Gasteiger partial charge in [-0.2, -0.15) is 0 Å². The van der Waals surface area contributed by atoms with Gasteiger partial charge in [0.15, 0.2) is 15.0 Å². The van der Waals surface area contributed by atoms with Gasteiger partial charge in [0.1, 0.15) is 0 Å². The minimum atomic E-state index is -3.33. The summed E-state index contributed by atoms with van der Waals surface area (Å²) in [6, 6.07) is 12.7. The first kappa shape index (κ1) is 23.0. The zero-order valence-electron chi connectivity index (χ0n) is 19.4. The van der Waals surface area contributed by atoms with Crippen LogP contribution in [-0.4, -0.2) is 31.7 Å². The van der Waals surface area contributed by atoms with E-state index in [0.717, 1.165) is 53.4 Å². The van der Waals surface area contributed by atoms with Crippen molar-refractivity contribution < 1.29 is 8.42 Å². The Kier molecular flexibility index (Phi) is 6.72. The molecule has 2 heterocycles. The molecule has 0 radical (unpaired) electrons. The summed E-state index contributed by atoms with van der Waals surface area (Å²) in [7, 11) is -3.33. The summed E-state index contributed by atoms with van der Waals surface area (Å²) in [4.78, 5) is 7.63. The van der Waals surface area contributed by atoms with E-state index in [-0.39, 0.29) is 5.25 Å². The maximum atomic E-state index is 13.4. The van der Waals surface area contributed by atoms with E-state index in [2.05, 4.69) is 41.5 Å². The highest BCUT2D eigenvalue weighted by molar-refractivity contribution is 7.92. The van der Waals surface area contributed by atoms with Gasteiger partial charge in [0, 0.05) is 24.9 Å². The molecule has 32 heavy (non-hydrogen) atoms. The summed E-state index contributed by atoms with van der Waals surface area (Å²) >= 11 is 1.66. The minimum Gasteiger partial charge on any atom is -0.348 e. The predicted octanol–water partition coefficient (Wildman–Crippen LogP) is 5.66. The lowest BCUT2D eigenvalue weighted by Gasteiger charge is -2.32. The number of rotatable bonds is 6. The monoisotopic (exact) mass is 468 g/mol. The molecule has 1 aliphatic heterocycles. The van der Waals surface area contributed by atoms with Crippen molar-refractivity contribution in [3.8, 4) is 0 Å². The molecule has 0 unspecified atom stereocenters. The van der Waals surface area contributed by atoms with Crippen molar-refractivity contribution in [1.29, 1.82) is 0 Å². The average molecular weight is 469 g/mol. The highest BCUT2D eigenvalue weighted by atomic mass is 32.2. The molecular weight excluding hydrogens is 436 g/mol. The number of piperidine rings is 1.